The van der Waals surface area contributed by atoms with Crippen LogP contribution >= 0.6 is 11.3 Å². The minimum atomic E-state index is -4.66. The Bertz CT molecular complexity index is 1400. The molecular weight excluding hydrogens is 493 g/mol. The molecule has 5 rings (SSSR count). The van der Waals surface area contributed by atoms with Crippen molar-refractivity contribution in [2.75, 3.05) is 18.0 Å². The van der Waals surface area contributed by atoms with Crippen molar-refractivity contribution >= 4 is 32.6 Å². The lowest BCUT2D eigenvalue weighted by Gasteiger charge is -2.32. The van der Waals surface area contributed by atoms with Crippen LogP contribution in [-0.4, -0.2) is 52.7 Å². The van der Waals surface area contributed by atoms with Crippen molar-refractivity contribution in [1.29, 1.82) is 5.26 Å². The predicted octanol–water partition coefficient (Wildman–Crippen LogP) is 2.13. The van der Waals surface area contributed by atoms with Gasteiger partial charge in [0.2, 0.25) is 15.0 Å². The standard InChI is InChI=1S/C19H19F3N8O2S2/c20-19(21,22)17-27-26-16(33-17)15-25-8-14-13(29-5-1-11(24)2-6-29)7-12(9-30(14)15)34(31,32)28-18(10-23)3-4-18/h7-9,11,28H,1-6,24H2. The molecule has 1 saturated heterocycles. The zero-order valence-electron chi connectivity index (χ0n) is 17.6. The summed E-state index contributed by atoms with van der Waals surface area (Å²) in [5, 5.41) is 14.9. The Labute approximate surface area is 196 Å². The van der Waals surface area contributed by atoms with Gasteiger partial charge in [0.25, 0.3) is 0 Å². The van der Waals surface area contributed by atoms with Crippen molar-refractivity contribution in [1.82, 2.24) is 24.3 Å². The van der Waals surface area contributed by atoms with E-state index >= 15 is 0 Å². The normalized spacial score (nSPS) is 18.9. The SMILES string of the molecule is N#CC1(NS(=O)(=O)c2cc(N3CCC(N)CC3)c3cnc(-c4nnc(C(F)(F)F)s4)n3c2)CC1. The monoisotopic (exact) mass is 512 g/mol. The second-order valence-corrected chi connectivity index (χ2v) is 11.1. The largest absolute Gasteiger partial charge is 0.445 e. The average molecular weight is 513 g/mol. The number of nitrogens with two attached hydrogens (primary N) is 1. The van der Waals surface area contributed by atoms with Crippen LogP contribution in [0.15, 0.2) is 23.4 Å². The van der Waals surface area contributed by atoms with Crippen molar-refractivity contribution < 1.29 is 21.6 Å². The van der Waals surface area contributed by atoms with Crippen molar-refractivity contribution in [2.24, 2.45) is 5.73 Å². The molecule has 0 atom stereocenters. The van der Waals surface area contributed by atoms with Gasteiger partial charge in [-0.2, -0.15) is 23.2 Å². The summed E-state index contributed by atoms with van der Waals surface area (Å²) in [4.78, 5) is 6.08. The number of halogens is 3. The molecule has 0 unspecified atom stereocenters. The van der Waals surface area contributed by atoms with Gasteiger partial charge in [0, 0.05) is 25.3 Å². The number of sulfonamides is 1. The number of nitrogens with one attached hydrogen (secondary N) is 1. The van der Waals surface area contributed by atoms with Gasteiger partial charge >= 0.3 is 6.18 Å². The van der Waals surface area contributed by atoms with Crippen LogP contribution in [0.1, 0.15) is 30.7 Å². The van der Waals surface area contributed by atoms with Crippen LogP contribution in [-0.2, 0) is 16.2 Å². The predicted molar refractivity (Wildman–Crippen MR) is 116 cm³/mol. The number of aromatic nitrogens is 4. The minimum absolute atomic E-state index is 0.0360. The molecule has 2 fully saturated rings. The van der Waals surface area contributed by atoms with E-state index in [4.69, 9.17) is 5.73 Å². The number of pyridine rings is 1. The van der Waals surface area contributed by atoms with Crippen LogP contribution in [0.4, 0.5) is 18.9 Å². The van der Waals surface area contributed by atoms with Gasteiger partial charge < -0.3 is 10.6 Å². The first kappa shape index (κ1) is 23.0. The van der Waals surface area contributed by atoms with Gasteiger partial charge in [-0.25, -0.2) is 13.4 Å². The number of nitrogens with zero attached hydrogens (tertiary/aromatic N) is 6. The van der Waals surface area contributed by atoms with Crippen LogP contribution in [0, 0.1) is 11.3 Å². The summed E-state index contributed by atoms with van der Waals surface area (Å²) in [5.41, 5.74) is 5.94. The van der Waals surface area contributed by atoms with Crippen molar-refractivity contribution in [3.8, 4) is 16.9 Å². The number of nitriles is 1. The average Bonchev–Trinajstić information content (AvgIpc) is 3.18. The molecule has 34 heavy (non-hydrogen) atoms. The summed E-state index contributed by atoms with van der Waals surface area (Å²) in [5.74, 6) is 0.0384. The number of alkyl halides is 3. The van der Waals surface area contributed by atoms with Crippen molar-refractivity contribution in [2.45, 2.75) is 48.3 Å². The van der Waals surface area contributed by atoms with Crippen LogP contribution in [0.3, 0.4) is 0 Å². The Kier molecular flexibility index (Phi) is 5.32. The molecular formula is C19H19F3N8O2S2. The molecule has 1 aliphatic heterocycles. The van der Waals surface area contributed by atoms with E-state index in [0.717, 1.165) is 0 Å². The summed E-state index contributed by atoms with van der Waals surface area (Å²) in [7, 11) is -4.11. The quantitative estimate of drug-likeness (QED) is 0.529. The molecule has 15 heteroatoms. The lowest BCUT2D eigenvalue weighted by Crippen LogP contribution is -2.40. The fourth-order valence-electron chi connectivity index (χ4n) is 3.86. The molecule has 0 amide bonds. The van der Waals surface area contributed by atoms with Gasteiger partial charge in [-0.15, -0.1) is 10.2 Å². The number of anilines is 1. The first-order chi connectivity index (χ1) is 16.0. The lowest BCUT2D eigenvalue weighted by molar-refractivity contribution is -0.138. The van der Waals surface area contributed by atoms with E-state index in [1.807, 2.05) is 11.0 Å². The number of fused-ring (bicyclic) bond motifs is 1. The number of hydrogen-bond acceptors (Lipinski definition) is 9. The van der Waals surface area contributed by atoms with Crippen LogP contribution in [0.2, 0.25) is 0 Å². The summed E-state index contributed by atoms with van der Waals surface area (Å²) in [6.07, 6.45) is 0.300. The maximum absolute atomic E-state index is 13.2. The summed E-state index contributed by atoms with van der Waals surface area (Å²) in [6, 6.07) is 3.52. The van der Waals surface area contributed by atoms with Crippen molar-refractivity contribution in [3.63, 3.8) is 0 Å². The Morgan fingerprint density at radius 3 is 2.56 bits per heavy atom. The molecule has 10 nitrogen and oxygen atoms in total. The molecule has 4 heterocycles. The van der Waals surface area contributed by atoms with Crippen molar-refractivity contribution in [3.05, 3.63) is 23.5 Å². The number of hydrogen-bond donors (Lipinski definition) is 2. The zero-order chi connectivity index (χ0) is 24.3. The van der Waals surface area contributed by atoms with E-state index < -0.39 is 26.7 Å². The highest BCUT2D eigenvalue weighted by Gasteiger charge is 2.47. The third kappa shape index (κ3) is 4.11. The fraction of sp³-hybridized carbons (Fsp3) is 0.474. The summed E-state index contributed by atoms with van der Waals surface area (Å²) >= 11 is 0.322. The molecule has 0 spiro atoms. The third-order valence-electron chi connectivity index (χ3n) is 5.94. The second kappa shape index (κ2) is 7.87. The van der Waals surface area contributed by atoms with E-state index in [1.165, 1.54) is 22.9 Å². The molecule has 3 aromatic rings. The third-order valence-corrected chi connectivity index (χ3v) is 8.41. The van der Waals surface area contributed by atoms with Crippen LogP contribution in [0.25, 0.3) is 16.3 Å². The maximum Gasteiger partial charge on any atom is 0.445 e. The Morgan fingerprint density at radius 1 is 1.26 bits per heavy atom. The Hall–Kier alpha value is -2.80. The number of rotatable bonds is 5. The van der Waals surface area contributed by atoms with E-state index in [0.29, 0.717) is 61.3 Å². The molecule has 3 N–H and O–H groups in total. The number of imidazole rings is 1. The lowest BCUT2D eigenvalue weighted by atomic mass is 10.1. The Morgan fingerprint density at radius 2 is 1.97 bits per heavy atom. The molecule has 1 saturated carbocycles. The maximum atomic E-state index is 13.2. The minimum Gasteiger partial charge on any atom is -0.370 e. The first-order valence-corrected chi connectivity index (χ1v) is 12.7. The molecule has 3 aromatic heterocycles. The van der Waals surface area contributed by atoms with Gasteiger partial charge in [-0.3, -0.25) is 4.40 Å². The zero-order valence-corrected chi connectivity index (χ0v) is 19.2. The van der Waals surface area contributed by atoms with E-state index in [9.17, 15) is 26.9 Å². The van der Waals surface area contributed by atoms with Crippen LogP contribution in [0.5, 0.6) is 0 Å². The smallest absolute Gasteiger partial charge is 0.370 e. The fourth-order valence-corrected chi connectivity index (χ4v) is 5.96. The van der Waals surface area contributed by atoms with Crippen LogP contribution < -0.4 is 15.4 Å². The highest BCUT2D eigenvalue weighted by molar-refractivity contribution is 7.89. The highest BCUT2D eigenvalue weighted by Crippen LogP contribution is 2.38. The van der Waals surface area contributed by atoms with Gasteiger partial charge in [-0.05, 0) is 31.7 Å². The highest BCUT2D eigenvalue weighted by atomic mass is 32.2. The summed E-state index contributed by atoms with van der Waals surface area (Å²) < 4.78 is 69.4. The molecule has 180 valence electrons. The topological polar surface area (TPSA) is 142 Å². The van der Waals surface area contributed by atoms with Gasteiger partial charge in [0.05, 0.1) is 23.5 Å². The first-order valence-electron chi connectivity index (χ1n) is 10.4. The molecule has 2 aliphatic rings. The Balaban J connectivity index is 1.65. The summed E-state index contributed by atoms with van der Waals surface area (Å²) in [6.45, 7) is 1.15. The van der Waals surface area contributed by atoms with E-state index in [2.05, 4.69) is 19.9 Å². The number of piperidine rings is 1. The van der Waals surface area contributed by atoms with E-state index in [1.54, 1.807) is 0 Å². The molecule has 0 radical (unpaired) electrons. The molecule has 0 bridgehead atoms. The molecule has 1 aliphatic carbocycles. The van der Waals surface area contributed by atoms with Gasteiger partial charge in [0.15, 0.2) is 10.8 Å². The molecule has 0 aromatic carbocycles. The van der Waals surface area contributed by atoms with E-state index in [-0.39, 0.29) is 21.8 Å². The second-order valence-electron chi connectivity index (χ2n) is 8.43. The van der Waals surface area contributed by atoms with Gasteiger partial charge in [-0.1, -0.05) is 11.3 Å². The van der Waals surface area contributed by atoms with Gasteiger partial charge in [0.1, 0.15) is 10.4 Å².